The molecule has 0 unspecified atom stereocenters. The lowest BCUT2D eigenvalue weighted by atomic mass is 10.0. The molecule has 1 aliphatic rings. The molecule has 1 aromatic heterocycles. The quantitative estimate of drug-likeness (QED) is 0.868. The van der Waals surface area contributed by atoms with Crippen LogP contribution in [-0.4, -0.2) is 35.6 Å². The fourth-order valence-electron chi connectivity index (χ4n) is 2.76. The maximum absolute atomic E-state index is 8.72. The Bertz CT molecular complexity index is 618. The third-order valence-electron chi connectivity index (χ3n) is 3.90. The van der Waals surface area contributed by atoms with E-state index in [0.29, 0.717) is 12.6 Å². The molecule has 20 heavy (non-hydrogen) atoms. The number of rotatable bonds is 3. The molecule has 0 bridgehead atoms. The Labute approximate surface area is 119 Å². The van der Waals surface area contributed by atoms with Gasteiger partial charge in [0.2, 0.25) is 0 Å². The molecule has 3 rings (SSSR count). The highest BCUT2D eigenvalue weighted by Crippen LogP contribution is 2.23. The van der Waals surface area contributed by atoms with Crippen molar-refractivity contribution in [1.82, 2.24) is 9.88 Å². The van der Waals surface area contributed by atoms with Crippen molar-refractivity contribution >= 4 is 16.6 Å². The Hall–Kier alpha value is -2.12. The molecule has 102 valence electrons. The second kappa shape index (κ2) is 5.89. The van der Waals surface area contributed by atoms with E-state index in [0.717, 1.165) is 31.7 Å². The number of nitriles is 1. The molecule has 1 aliphatic heterocycles. The maximum Gasteiger partial charge on any atom is 0.134 e. The van der Waals surface area contributed by atoms with Gasteiger partial charge in [0, 0.05) is 30.7 Å². The molecular weight excluding hydrogens is 248 g/mol. The first kappa shape index (κ1) is 12.9. The van der Waals surface area contributed by atoms with Crippen LogP contribution in [0.2, 0.25) is 0 Å². The second-order valence-corrected chi connectivity index (χ2v) is 5.23. The monoisotopic (exact) mass is 266 g/mol. The third-order valence-corrected chi connectivity index (χ3v) is 3.90. The average molecular weight is 266 g/mol. The minimum atomic E-state index is 0.447. The van der Waals surface area contributed by atoms with Gasteiger partial charge in [-0.05, 0) is 24.3 Å². The summed E-state index contributed by atoms with van der Waals surface area (Å²) >= 11 is 0. The maximum atomic E-state index is 8.72. The van der Waals surface area contributed by atoms with Crippen molar-refractivity contribution < 1.29 is 0 Å². The molecule has 0 aliphatic carbocycles. The molecule has 1 N–H and O–H groups in total. The Morgan fingerprint density at radius 1 is 1.25 bits per heavy atom. The van der Waals surface area contributed by atoms with E-state index in [1.165, 1.54) is 10.8 Å². The molecule has 1 saturated heterocycles. The molecule has 4 heteroatoms. The minimum Gasteiger partial charge on any atom is -0.367 e. The molecule has 0 spiro atoms. The van der Waals surface area contributed by atoms with E-state index in [1.807, 2.05) is 24.4 Å². The van der Waals surface area contributed by atoms with Gasteiger partial charge in [0.1, 0.15) is 5.82 Å². The lowest BCUT2D eigenvalue weighted by Crippen LogP contribution is -2.39. The first-order valence-electron chi connectivity index (χ1n) is 7.06. The van der Waals surface area contributed by atoms with Crippen molar-refractivity contribution in [3.63, 3.8) is 0 Å². The van der Waals surface area contributed by atoms with Crippen LogP contribution in [0, 0.1) is 11.3 Å². The van der Waals surface area contributed by atoms with E-state index >= 15 is 0 Å². The van der Waals surface area contributed by atoms with E-state index in [1.54, 1.807) is 0 Å². The van der Waals surface area contributed by atoms with Gasteiger partial charge in [-0.1, -0.05) is 24.3 Å². The van der Waals surface area contributed by atoms with Gasteiger partial charge in [0.25, 0.3) is 0 Å². The van der Waals surface area contributed by atoms with E-state index < -0.39 is 0 Å². The zero-order chi connectivity index (χ0) is 13.8. The molecule has 0 radical (unpaired) electrons. The zero-order valence-corrected chi connectivity index (χ0v) is 11.4. The lowest BCUT2D eigenvalue weighted by molar-refractivity contribution is 0.242. The van der Waals surface area contributed by atoms with Crippen molar-refractivity contribution in [3.8, 4) is 6.07 Å². The molecule has 4 nitrogen and oxygen atoms in total. The summed E-state index contributed by atoms with van der Waals surface area (Å²) in [6.07, 6.45) is 3.98. The van der Waals surface area contributed by atoms with Crippen molar-refractivity contribution in [2.24, 2.45) is 0 Å². The standard InChI is InChI=1S/C16H18N4/c17-8-12-20-10-6-14(7-11-20)19-16-15-4-2-1-3-13(15)5-9-18-16/h1-5,9,14H,6-7,10-12H2,(H,18,19). The minimum absolute atomic E-state index is 0.447. The van der Waals surface area contributed by atoms with E-state index in [2.05, 4.69) is 33.4 Å². The van der Waals surface area contributed by atoms with Crippen LogP contribution in [0.15, 0.2) is 36.5 Å². The zero-order valence-electron chi connectivity index (χ0n) is 11.4. The number of aromatic nitrogens is 1. The molecular formula is C16H18N4. The van der Waals surface area contributed by atoms with Crippen LogP contribution in [0.1, 0.15) is 12.8 Å². The highest BCUT2D eigenvalue weighted by Gasteiger charge is 2.19. The number of hydrogen-bond acceptors (Lipinski definition) is 4. The highest BCUT2D eigenvalue weighted by molar-refractivity contribution is 5.91. The van der Waals surface area contributed by atoms with Gasteiger partial charge < -0.3 is 5.32 Å². The Morgan fingerprint density at radius 2 is 2.05 bits per heavy atom. The van der Waals surface area contributed by atoms with E-state index in [9.17, 15) is 0 Å². The number of piperidine rings is 1. The molecule has 0 amide bonds. The van der Waals surface area contributed by atoms with Crippen LogP contribution in [0.5, 0.6) is 0 Å². The highest BCUT2D eigenvalue weighted by atomic mass is 15.1. The number of hydrogen-bond donors (Lipinski definition) is 1. The summed E-state index contributed by atoms with van der Waals surface area (Å²) in [5.41, 5.74) is 0. The van der Waals surface area contributed by atoms with E-state index in [-0.39, 0.29) is 0 Å². The molecule has 1 fully saturated rings. The van der Waals surface area contributed by atoms with Crippen molar-refractivity contribution in [3.05, 3.63) is 36.5 Å². The van der Waals surface area contributed by atoms with Crippen LogP contribution < -0.4 is 5.32 Å². The fraction of sp³-hybridized carbons (Fsp3) is 0.375. The van der Waals surface area contributed by atoms with Crippen LogP contribution in [0.25, 0.3) is 10.8 Å². The fourth-order valence-corrected chi connectivity index (χ4v) is 2.76. The summed E-state index contributed by atoms with van der Waals surface area (Å²) in [4.78, 5) is 6.68. The topological polar surface area (TPSA) is 52.0 Å². The van der Waals surface area contributed by atoms with Gasteiger partial charge in [-0.2, -0.15) is 5.26 Å². The van der Waals surface area contributed by atoms with Gasteiger partial charge in [0.05, 0.1) is 12.6 Å². The number of nitrogens with zero attached hydrogens (tertiary/aromatic N) is 3. The van der Waals surface area contributed by atoms with Crippen molar-refractivity contribution in [2.75, 3.05) is 25.0 Å². The first-order valence-corrected chi connectivity index (χ1v) is 7.06. The van der Waals surface area contributed by atoms with E-state index in [4.69, 9.17) is 5.26 Å². The number of fused-ring (bicyclic) bond motifs is 1. The number of pyridine rings is 1. The summed E-state index contributed by atoms with van der Waals surface area (Å²) in [5, 5.41) is 14.7. The number of likely N-dealkylation sites (tertiary alicyclic amines) is 1. The number of benzene rings is 1. The summed E-state index contributed by atoms with van der Waals surface area (Å²) in [6, 6.07) is 13.0. The normalized spacial score (nSPS) is 16.9. The van der Waals surface area contributed by atoms with Crippen LogP contribution >= 0.6 is 0 Å². The van der Waals surface area contributed by atoms with Crippen molar-refractivity contribution in [1.29, 1.82) is 5.26 Å². The van der Waals surface area contributed by atoms with Gasteiger partial charge in [-0.15, -0.1) is 0 Å². The summed E-state index contributed by atoms with van der Waals surface area (Å²) in [6.45, 7) is 2.51. The van der Waals surface area contributed by atoms with Gasteiger partial charge in [-0.25, -0.2) is 4.98 Å². The third kappa shape index (κ3) is 2.73. The lowest BCUT2D eigenvalue weighted by Gasteiger charge is -2.31. The molecule has 0 saturated carbocycles. The Kier molecular flexibility index (Phi) is 3.80. The largest absolute Gasteiger partial charge is 0.367 e. The molecule has 0 atom stereocenters. The molecule has 1 aromatic carbocycles. The SMILES string of the molecule is N#CCN1CCC(Nc2nccc3ccccc23)CC1. The molecule has 2 aromatic rings. The van der Waals surface area contributed by atoms with Crippen LogP contribution in [0.3, 0.4) is 0 Å². The molecule has 2 heterocycles. The van der Waals surface area contributed by atoms with Crippen LogP contribution in [0.4, 0.5) is 5.82 Å². The summed E-state index contributed by atoms with van der Waals surface area (Å²) in [5.74, 6) is 0.974. The summed E-state index contributed by atoms with van der Waals surface area (Å²) in [7, 11) is 0. The number of anilines is 1. The van der Waals surface area contributed by atoms with Crippen molar-refractivity contribution in [2.45, 2.75) is 18.9 Å². The Morgan fingerprint density at radius 3 is 2.85 bits per heavy atom. The first-order chi connectivity index (χ1) is 9.86. The van der Waals surface area contributed by atoms with Crippen LogP contribution in [-0.2, 0) is 0 Å². The van der Waals surface area contributed by atoms with Gasteiger partial charge >= 0.3 is 0 Å². The number of nitrogens with one attached hydrogen (secondary N) is 1. The summed E-state index contributed by atoms with van der Waals surface area (Å²) < 4.78 is 0. The Balaban J connectivity index is 1.70. The predicted molar refractivity (Wildman–Crippen MR) is 80.4 cm³/mol. The average Bonchev–Trinajstić information content (AvgIpc) is 2.50. The second-order valence-electron chi connectivity index (χ2n) is 5.23. The van der Waals surface area contributed by atoms with Gasteiger partial charge in [0.15, 0.2) is 0 Å². The van der Waals surface area contributed by atoms with Gasteiger partial charge in [-0.3, -0.25) is 4.90 Å². The smallest absolute Gasteiger partial charge is 0.134 e. The predicted octanol–water partition coefficient (Wildman–Crippen LogP) is 2.63.